The number of para-hydroxylation sites is 1. The fourth-order valence-corrected chi connectivity index (χ4v) is 4.41. The first kappa shape index (κ1) is 20.7. The highest BCUT2D eigenvalue weighted by atomic mass is 16.5. The lowest BCUT2D eigenvalue weighted by Gasteiger charge is -2.41. The van der Waals surface area contributed by atoms with Crippen LogP contribution in [0.2, 0.25) is 0 Å². The largest absolute Gasteiger partial charge is 0.481 e. The average molecular weight is 442 g/mol. The summed E-state index contributed by atoms with van der Waals surface area (Å²) in [6.45, 7) is 0.338. The first-order chi connectivity index (χ1) is 16.1. The molecule has 0 bridgehead atoms. The predicted octanol–water partition coefficient (Wildman–Crippen LogP) is 3.62. The minimum absolute atomic E-state index is 0.120. The van der Waals surface area contributed by atoms with Crippen LogP contribution >= 0.6 is 0 Å². The molecular weight excluding hydrogens is 420 g/mol. The smallest absolute Gasteiger partial charge is 0.260 e. The van der Waals surface area contributed by atoms with Gasteiger partial charge in [0.05, 0.1) is 30.2 Å². The lowest BCUT2D eigenvalue weighted by atomic mass is 10.0. The van der Waals surface area contributed by atoms with E-state index in [9.17, 15) is 14.4 Å². The summed E-state index contributed by atoms with van der Waals surface area (Å²) in [5, 5.41) is 2.80. The molecule has 0 spiro atoms. The van der Waals surface area contributed by atoms with Gasteiger partial charge < -0.3 is 15.0 Å². The topological polar surface area (TPSA) is 91.8 Å². The molecule has 2 aromatic carbocycles. The maximum absolute atomic E-state index is 13.4. The number of aromatic nitrogens is 1. The highest BCUT2D eigenvalue weighted by Crippen LogP contribution is 2.45. The van der Waals surface area contributed by atoms with Gasteiger partial charge in [-0.3, -0.25) is 19.3 Å². The molecule has 0 saturated heterocycles. The van der Waals surface area contributed by atoms with Crippen LogP contribution in [0.4, 0.5) is 11.4 Å². The number of fused-ring (bicyclic) bond motifs is 5. The Bertz CT molecular complexity index is 1240. The third kappa shape index (κ3) is 3.59. The molecule has 5 rings (SSSR count). The lowest BCUT2D eigenvalue weighted by Crippen LogP contribution is -2.48. The van der Waals surface area contributed by atoms with Gasteiger partial charge in [0, 0.05) is 30.2 Å². The minimum Gasteiger partial charge on any atom is -0.481 e. The van der Waals surface area contributed by atoms with Gasteiger partial charge in [-0.25, -0.2) is 4.98 Å². The number of nitrogens with one attached hydrogen (secondary N) is 1. The Labute approximate surface area is 190 Å². The van der Waals surface area contributed by atoms with E-state index in [0.29, 0.717) is 41.3 Å². The molecule has 166 valence electrons. The Morgan fingerprint density at radius 1 is 1.00 bits per heavy atom. The van der Waals surface area contributed by atoms with E-state index in [1.54, 1.807) is 46.2 Å². The van der Waals surface area contributed by atoms with Crippen molar-refractivity contribution < 1.29 is 19.1 Å². The number of rotatable bonds is 6. The van der Waals surface area contributed by atoms with Gasteiger partial charge in [0.1, 0.15) is 6.17 Å². The van der Waals surface area contributed by atoms with E-state index < -0.39 is 6.17 Å². The van der Waals surface area contributed by atoms with Gasteiger partial charge in [0.25, 0.3) is 11.8 Å². The van der Waals surface area contributed by atoms with E-state index >= 15 is 0 Å². The molecule has 1 N–H and O–H groups in total. The van der Waals surface area contributed by atoms with Crippen molar-refractivity contribution in [2.24, 2.45) is 0 Å². The second-order valence-corrected chi connectivity index (χ2v) is 7.89. The molecule has 1 atom stereocenters. The summed E-state index contributed by atoms with van der Waals surface area (Å²) in [5.74, 6) is 0.0285. The number of nitrogens with zero attached hydrogens (tertiary/aromatic N) is 3. The molecular formula is C25H22N4O4. The van der Waals surface area contributed by atoms with Crippen LogP contribution in [0.25, 0.3) is 0 Å². The van der Waals surface area contributed by atoms with E-state index in [1.165, 1.54) is 13.3 Å². The van der Waals surface area contributed by atoms with Crippen LogP contribution < -0.4 is 15.0 Å². The molecule has 3 amide bonds. The Morgan fingerprint density at radius 2 is 1.76 bits per heavy atom. The summed E-state index contributed by atoms with van der Waals surface area (Å²) in [6.07, 6.45) is 1.69. The zero-order chi connectivity index (χ0) is 22.9. The molecule has 2 aliphatic rings. The Kier molecular flexibility index (Phi) is 5.26. The molecule has 8 nitrogen and oxygen atoms in total. The Balaban J connectivity index is 1.33. The van der Waals surface area contributed by atoms with Gasteiger partial charge in [0.15, 0.2) is 0 Å². The van der Waals surface area contributed by atoms with Gasteiger partial charge in [0.2, 0.25) is 11.8 Å². The summed E-state index contributed by atoms with van der Waals surface area (Å²) in [5.41, 5.74) is 3.09. The predicted molar refractivity (Wildman–Crippen MR) is 122 cm³/mol. The van der Waals surface area contributed by atoms with Gasteiger partial charge in [-0.05, 0) is 30.7 Å². The summed E-state index contributed by atoms with van der Waals surface area (Å²) >= 11 is 0. The van der Waals surface area contributed by atoms with Crippen LogP contribution in [-0.2, 0) is 4.79 Å². The fourth-order valence-electron chi connectivity index (χ4n) is 4.41. The minimum atomic E-state index is -0.509. The highest BCUT2D eigenvalue weighted by Gasteiger charge is 2.47. The van der Waals surface area contributed by atoms with Crippen molar-refractivity contribution in [1.29, 1.82) is 0 Å². The summed E-state index contributed by atoms with van der Waals surface area (Å²) in [6, 6.07) is 17.9. The fraction of sp³-hybridized carbons (Fsp3) is 0.200. The second kappa shape index (κ2) is 8.38. The first-order valence-corrected chi connectivity index (χ1v) is 10.7. The average Bonchev–Trinajstić information content (AvgIpc) is 3.14. The monoisotopic (exact) mass is 442 g/mol. The number of hydrogen-bond donors (Lipinski definition) is 1. The van der Waals surface area contributed by atoms with E-state index in [4.69, 9.17) is 4.74 Å². The van der Waals surface area contributed by atoms with E-state index in [1.807, 2.05) is 24.3 Å². The van der Waals surface area contributed by atoms with E-state index in [-0.39, 0.29) is 24.1 Å². The molecule has 1 aromatic heterocycles. The molecule has 1 unspecified atom stereocenters. The number of ether oxygens (including phenoxy) is 1. The first-order valence-electron chi connectivity index (χ1n) is 10.7. The number of pyridine rings is 1. The summed E-state index contributed by atoms with van der Waals surface area (Å²) < 4.78 is 5.02. The van der Waals surface area contributed by atoms with Gasteiger partial charge in [-0.1, -0.05) is 30.3 Å². The zero-order valence-electron chi connectivity index (χ0n) is 18.0. The van der Waals surface area contributed by atoms with Crippen LogP contribution in [0.3, 0.4) is 0 Å². The molecule has 33 heavy (non-hydrogen) atoms. The van der Waals surface area contributed by atoms with Gasteiger partial charge in [-0.2, -0.15) is 0 Å². The third-order valence-corrected chi connectivity index (χ3v) is 5.91. The number of carbonyl (C=O) groups is 3. The molecule has 0 fully saturated rings. The number of hydrogen-bond acceptors (Lipinski definition) is 5. The highest BCUT2D eigenvalue weighted by molar-refractivity contribution is 6.16. The van der Waals surface area contributed by atoms with Crippen molar-refractivity contribution >= 4 is 29.1 Å². The number of anilines is 2. The van der Waals surface area contributed by atoms with Crippen LogP contribution in [0.1, 0.15) is 45.3 Å². The van der Waals surface area contributed by atoms with E-state index in [0.717, 1.165) is 5.56 Å². The van der Waals surface area contributed by atoms with Crippen molar-refractivity contribution in [3.8, 4) is 5.88 Å². The lowest BCUT2D eigenvalue weighted by molar-refractivity contribution is -0.116. The maximum atomic E-state index is 13.4. The van der Waals surface area contributed by atoms with Crippen molar-refractivity contribution in [1.82, 2.24) is 9.88 Å². The van der Waals surface area contributed by atoms with Crippen LogP contribution in [-0.4, -0.2) is 41.3 Å². The quantitative estimate of drug-likeness (QED) is 0.630. The summed E-state index contributed by atoms with van der Waals surface area (Å²) in [7, 11) is 1.53. The number of benzene rings is 2. The summed E-state index contributed by atoms with van der Waals surface area (Å²) in [4.78, 5) is 46.4. The number of amides is 3. The SMILES string of the molecule is COc1ccc(NC(=O)CCCN2C(=O)c3ccccc3N3C(=O)c4ccccc4C23)cn1. The van der Waals surface area contributed by atoms with Crippen LogP contribution in [0, 0.1) is 0 Å². The van der Waals surface area contributed by atoms with Crippen molar-refractivity contribution in [2.45, 2.75) is 19.0 Å². The number of methoxy groups -OCH3 is 1. The van der Waals surface area contributed by atoms with Gasteiger partial charge >= 0.3 is 0 Å². The van der Waals surface area contributed by atoms with Crippen molar-refractivity contribution in [3.63, 3.8) is 0 Å². The normalized spacial score (nSPS) is 16.2. The zero-order valence-corrected chi connectivity index (χ0v) is 18.0. The molecule has 0 aliphatic carbocycles. The van der Waals surface area contributed by atoms with Crippen LogP contribution in [0.15, 0.2) is 66.9 Å². The third-order valence-electron chi connectivity index (χ3n) is 5.91. The second-order valence-electron chi connectivity index (χ2n) is 7.89. The van der Waals surface area contributed by atoms with Crippen molar-refractivity contribution in [3.05, 3.63) is 83.6 Å². The molecule has 2 aliphatic heterocycles. The van der Waals surface area contributed by atoms with E-state index in [2.05, 4.69) is 10.3 Å². The van der Waals surface area contributed by atoms with Crippen molar-refractivity contribution in [2.75, 3.05) is 23.9 Å². The van der Waals surface area contributed by atoms with Gasteiger partial charge in [-0.15, -0.1) is 0 Å². The standard InChI is InChI=1S/C25H22N4O4/c1-33-22-13-12-16(15-26-22)27-21(30)11-6-14-28-23-17-7-2-3-8-18(17)25(32)29(23)20-10-5-4-9-19(20)24(28)31/h2-5,7-10,12-13,15,23H,6,11,14H2,1H3,(H,27,30). The molecule has 3 heterocycles. The Morgan fingerprint density at radius 3 is 2.52 bits per heavy atom. The van der Waals surface area contributed by atoms with Crippen LogP contribution in [0.5, 0.6) is 5.88 Å². The molecule has 0 saturated carbocycles. The Hall–Kier alpha value is -4.20. The molecule has 0 radical (unpaired) electrons. The number of carbonyl (C=O) groups excluding carboxylic acids is 3. The molecule has 8 heteroatoms. The molecule has 3 aromatic rings. The maximum Gasteiger partial charge on any atom is 0.260 e.